The molecule has 15 heteroatoms. The van der Waals surface area contributed by atoms with E-state index in [4.69, 9.17) is 14.6 Å². The topological polar surface area (TPSA) is 107 Å². The van der Waals surface area contributed by atoms with Crippen molar-refractivity contribution in [3.63, 3.8) is 0 Å². The number of hydrogen-bond acceptors (Lipinski definition) is 8. The standard InChI is InChI=1S/C28H35F3O6S.C2H2F4.C2H6O/c1-6-22(33)36-21-13-26(5)17(10-15(3)28(26,24(35)38-14-29)37-23(34)7-2)18-12-20(30)19-11-16(32)8-9-25(19,4)27(18,21)31;3-1-2(4,5)6;1-2-3/h8-9,11,15,17-18,20-21H,6-7,10,12-14H2,1-5H3;1H2;3H,2H2,1H3/t15-,17+,18+,20+,21+,25+,26+,27+,28+;;/m1../s1. The molecule has 0 aromatic heterocycles. The van der Waals surface area contributed by atoms with Crippen LogP contribution in [0.15, 0.2) is 23.8 Å². The van der Waals surface area contributed by atoms with E-state index in [1.807, 2.05) is 0 Å². The summed E-state index contributed by atoms with van der Waals surface area (Å²) in [6, 6.07) is -1.04. The molecule has 0 aromatic rings. The first kappa shape index (κ1) is 40.8. The predicted molar refractivity (Wildman–Crippen MR) is 160 cm³/mol. The highest BCUT2D eigenvalue weighted by molar-refractivity contribution is 8.13. The Balaban J connectivity index is 0.000000756. The van der Waals surface area contributed by atoms with Crippen molar-refractivity contribution in [3.05, 3.63) is 23.8 Å². The van der Waals surface area contributed by atoms with Crippen LogP contribution in [0.4, 0.5) is 30.7 Å². The third kappa shape index (κ3) is 7.30. The van der Waals surface area contributed by atoms with Gasteiger partial charge in [0.1, 0.15) is 18.3 Å². The number of ketones is 1. The van der Waals surface area contributed by atoms with Crippen LogP contribution >= 0.6 is 11.8 Å². The molecule has 0 saturated heterocycles. The number of esters is 2. The molecule has 0 aliphatic heterocycles. The van der Waals surface area contributed by atoms with Gasteiger partial charge in [-0.3, -0.25) is 19.2 Å². The molecule has 0 heterocycles. The largest absolute Gasteiger partial charge is 0.459 e. The molecular weight excluding hydrogens is 661 g/mol. The van der Waals surface area contributed by atoms with Crippen LogP contribution in [0.2, 0.25) is 0 Å². The first-order valence-electron chi connectivity index (χ1n) is 15.4. The van der Waals surface area contributed by atoms with E-state index < -0.39 is 93.8 Å². The fraction of sp³-hybridized carbons (Fsp3) is 0.750. The third-order valence-corrected chi connectivity index (χ3v) is 10.6. The number of rotatable bonds is 6. The molecule has 0 bridgehead atoms. The van der Waals surface area contributed by atoms with Crippen molar-refractivity contribution in [1.82, 2.24) is 0 Å². The summed E-state index contributed by atoms with van der Waals surface area (Å²) in [6.45, 7) is 7.75. The molecule has 0 unspecified atom stereocenters. The molecule has 4 aliphatic rings. The fourth-order valence-electron chi connectivity index (χ4n) is 7.96. The number of alkyl halides is 7. The van der Waals surface area contributed by atoms with Crippen molar-refractivity contribution < 1.29 is 64.5 Å². The molecule has 4 rings (SSSR count). The Kier molecular flexibility index (Phi) is 13.4. The quantitative estimate of drug-likeness (QED) is 0.235. The minimum absolute atomic E-state index is 0.00341. The summed E-state index contributed by atoms with van der Waals surface area (Å²) in [6.07, 6.45) is -4.36. The van der Waals surface area contributed by atoms with Crippen LogP contribution in [0.3, 0.4) is 0 Å². The van der Waals surface area contributed by atoms with E-state index >= 15 is 8.78 Å². The number of ether oxygens (including phenoxy) is 2. The highest BCUT2D eigenvalue weighted by atomic mass is 32.2. The number of carbonyl (C=O) groups excluding carboxylic acids is 4. The van der Waals surface area contributed by atoms with Crippen LogP contribution < -0.4 is 0 Å². The average Bonchev–Trinajstić information content (AvgIpc) is 3.22. The van der Waals surface area contributed by atoms with Crippen LogP contribution in [0, 0.1) is 28.6 Å². The van der Waals surface area contributed by atoms with Gasteiger partial charge in [-0.2, -0.15) is 13.2 Å². The maximum atomic E-state index is 18.0. The number of thioether (sulfide) groups is 1. The lowest BCUT2D eigenvalue weighted by Crippen LogP contribution is -2.71. The Bertz CT molecular complexity index is 1240. The van der Waals surface area contributed by atoms with Crippen molar-refractivity contribution in [2.24, 2.45) is 28.6 Å². The molecule has 268 valence electrons. The van der Waals surface area contributed by atoms with Crippen LogP contribution in [-0.4, -0.2) is 77.0 Å². The van der Waals surface area contributed by atoms with Crippen molar-refractivity contribution in [2.75, 3.05) is 19.3 Å². The molecule has 3 saturated carbocycles. The van der Waals surface area contributed by atoms with Gasteiger partial charge in [-0.25, -0.2) is 17.6 Å². The minimum atomic E-state index is -4.62. The predicted octanol–water partition coefficient (Wildman–Crippen LogP) is 6.91. The maximum absolute atomic E-state index is 18.0. The number of aliphatic hydroxyl groups excluding tert-OH is 1. The summed E-state index contributed by atoms with van der Waals surface area (Å²) in [5.74, 6) is -4.11. The molecule has 0 spiro atoms. The van der Waals surface area contributed by atoms with Gasteiger partial charge in [0.15, 0.2) is 23.7 Å². The summed E-state index contributed by atoms with van der Waals surface area (Å²) >= 11 is 0.388. The Labute approximate surface area is 274 Å². The van der Waals surface area contributed by atoms with Gasteiger partial charge in [0, 0.05) is 42.1 Å². The van der Waals surface area contributed by atoms with Crippen molar-refractivity contribution in [3.8, 4) is 0 Å². The van der Waals surface area contributed by atoms with Crippen LogP contribution in [-0.2, 0) is 28.7 Å². The van der Waals surface area contributed by atoms with Crippen molar-refractivity contribution in [2.45, 2.75) is 103 Å². The number of carbonyl (C=O) groups is 4. The van der Waals surface area contributed by atoms with E-state index in [0.29, 0.717) is 11.8 Å². The van der Waals surface area contributed by atoms with E-state index in [1.165, 1.54) is 19.1 Å². The number of fused-ring (bicyclic) bond motifs is 5. The smallest absolute Gasteiger partial charge is 0.416 e. The molecule has 4 aliphatic carbocycles. The Morgan fingerprint density at radius 3 is 2.09 bits per heavy atom. The van der Waals surface area contributed by atoms with Gasteiger partial charge in [-0.05, 0) is 68.5 Å². The summed E-state index contributed by atoms with van der Waals surface area (Å²) < 4.78 is 101. The van der Waals surface area contributed by atoms with E-state index in [-0.39, 0.29) is 44.3 Å². The van der Waals surface area contributed by atoms with Gasteiger partial charge < -0.3 is 14.6 Å². The summed E-state index contributed by atoms with van der Waals surface area (Å²) in [5, 5.41) is 6.88. The highest BCUT2D eigenvalue weighted by Gasteiger charge is 2.79. The molecule has 0 aromatic carbocycles. The Hall–Kier alpha value is -2.42. The first-order valence-corrected chi connectivity index (χ1v) is 16.4. The van der Waals surface area contributed by atoms with Gasteiger partial charge in [0.05, 0.1) is 0 Å². The zero-order valence-electron chi connectivity index (χ0n) is 27.2. The monoisotopic (exact) mass is 704 g/mol. The number of hydrogen-bond donors (Lipinski definition) is 1. The average molecular weight is 705 g/mol. The Morgan fingerprint density at radius 1 is 1.04 bits per heavy atom. The SMILES string of the molecule is CCC(=O)O[C@H]1C[C@@]2(C)[C@@H](C[C@@H](C)[C@]2(OC(=O)CC)C(=O)SCF)[C@@H]2C[C@H](F)C3=CC(=O)C=C[C@]3(C)[C@@]12F.CCO.FCC(F)(F)F. The normalized spacial score (nSPS) is 37.0. The second-order valence-corrected chi connectivity index (χ2v) is 13.4. The molecule has 9 atom stereocenters. The van der Waals surface area contributed by atoms with Gasteiger partial charge in [0.2, 0.25) is 5.12 Å². The lowest BCUT2D eigenvalue weighted by atomic mass is 9.44. The van der Waals surface area contributed by atoms with Gasteiger partial charge in [-0.15, -0.1) is 0 Å². The van der Waals surface area contributed by atoms with E-state index in [1.54, 1.807) is 34.6 Å². The van der Waals surface area contributed by atoms with Gasteiger partial charge >= 0.3 is 18.1 Å². The number of halogens is 7. The van der Waals surface area contributed by atoms with E-state index in [2.05, 4.69) is 0 Å². The molecule has 0 radical (unpaired) electrons. The Morgan fingerprint density at radius 2 is 1.60 bits per heavy atom. The van der Waals surface area contributed by atoms with Gasteiger partial charge in [0.25, 0.3) is 0 Å². The molecule has 1 N–H and O–H groups in total. The van der Waals surface area contributed by atoms with Crippen LogP contribution in [0.1, 0.15) is 73.6 Å². The molecule has 47 heavy (non-hydrogen) atoms. The summed E-state index contributed by atoms with van der Waals surface area (Å²) in [7, 11) is 0. The first-order chi connectivity index (χ1) is 21.7. The molecule has 0 amide bonds. The van der Waals surface area contributed by atoms with Crippen molar-refractivity contribution >= 4 is 34.6 Å². The zero-order valence-corrected chi connectivity index (χ0v) is 28.0. The second-order valence-electron chi connectivity index (χ2n) is 12.5. The molecule has 3 fully saturated rings. The lowest BCUT2D eigenvalue weighted by molar-refractivity contribution is -0.237. The summed E-state index contributed by atoms with van der Waals surface area (Å²) in [5.41, 5.74) is -6.99. The van der Waals surface area contributed by atoms with Crippen LogP contribution in [0.5, 0.6) is 0 Å². The molecule has 7 nitrogen and oxygen atoms in total. The zero-order chi connectivity index (χ0) is 36.2. The number of allylic oxidation sites excluding steroid dienone is 4. The number of aliphatic hydroxyl groups is 1. The van der Waals surface area contributed by atoms with Gasteiger partial charge in [-0.1, -0.05) is 33.8 Å². The highest BCUT2D eigenvalue weighted by Crippen LogP contribution is 2.72. The maximum Gasteiger partial charge on any atom is 0.416 e. The van der Waals surface area contributed by atoms with Crippen molar-refractivity contribution in [1.29, 1.82) is 0 Å². The van der Waals surface area contributed by atoms with E-state index in [9.17, 15) is 41.1 Å². The van der Waals surface area contributed by atoms with Crippen LogP contribution in [0.25, 0.3) is 0 Å². The minimum Gasteiger partial charge on any atom is -0.459 e. The lowest BCUT2D eigenvalue weighted by Gasteiger charge is -2.63. The fourth-order valence-corrected chi connectivity index (χ4v) is 8.75. The second kappa shape index (κ2) is 15.4. The summed E-state index contributed by atoms with van der Waals surface area (Å²) in [4.78, 5) is 51.0. The van der Waals surface area contributed by atoms with E-state index in [0.717, 1.165) is 6.08 Å². The third-order valence-electron chi connectivity index (χ3n) is 9.91. The molecular formula is C32H43F7O7S.